The van der Waals surface area contributed by atoms with E-state index in [1.807, 2.05) is 42.5 Å². The zero-order valence-corrected chi connectivity index (χ0v) is 15.0. The van der Waals surface area contributed by atoms with Gasteiger partial charge in [-0.2, -0.15) is 0 Å². The van der Waals surface area contributed by atoms with Crippen molar-refractivity contribution in [3.05, 3.63) is 48.4 Å². The van der Waals surface area contributed by atoms with E-state index >= 15 is 0 Å². The summed E-state index contributed by atoms with van der Waals surface area (Å²) in [6.45, 7) is 0. The molecule has 1 N–H and O–H groups in total. The van der Waals surface area contributed by atoms with E-state index in [1.54, 1.807) is 14.2 Å². The average molecular weight is 368 g/mol. The number of H-pyrrole nitrogens is 1. The van der Waals surface area contributed by atoms with Crippen LogP contribution in [0.15, 0.2) is 52.0 Å². The SMILES string of the molecule is COc1ccc(-c2nnc(CSc3nc4ccc(OC)cc4[nH]3)o2)cc1. The third-order valence-corrected chi connectivity index (χ3v) is 4.66. The molecule has 2 heterocycles. The molecular weight excluding hydrogens is 352 g/mol. The molecule has 0 aliphatic rings. The largest absolute Gasteiger partial charge is 0.497 e. The van der Waals surface area contributed by atoms with Crippen molar-refractivity contribution in [1.29, 1.82) is 0 Å². The molecule has 0 radical (unpaired) electrons. The summed E-state index contributed by atoms with van der Waals surface area (Å²) in [5.74, 6) is 3.13. The maximum Gasteiger partial charge on any atom is 0.247 e. The van der Waals surface area contributed by atoms with E-state index in [9.17, 15) is 0 Å². The normalized spacial score (nSPS) is 11.0. The molecule has 0 unspecified atom stereocenters. The van der Waals surface area contributed by atoms with E-state index < -0.39 is 0 Å². The smallest absolute Gasteiger partial charge is 0.247 e. The maximum atomic E-state index is 5.73. The second-order valence-corrected chi connectivity index (χ2v) is 6.41. The van der Waals surface area contributed by atoms with Crippen LogP contribution in [0.25, 0.3) is 22.5 Å². The van der Waals surface area contributed by atoms with Gasteiger partial charge in [0.05, 0.1) is 31.0 Å². The summed E-state index contributed by atoms with van der Waals surface area (Å²) in [6, 6.07) is 13.2. The Morgan fingerprint density at radius 1 is 1.00 bits per heavy atom. The highest BCUT2D eigenvalue weighted by Gasteiger charge is 2.11. The molecule has 0 saturated carbocycles. The quantitative estimate of drug-likeness (QED) is 0.516. The average Bonchev–Trinajstić information content (AvgIpc) is 3.32. The van der Waals surface area contributed by atoms with E-state index in [2.05, 4.69) is 20.2 Å². The van der Waals surface area contributed by atoms with Crippen molar-refractivity contribution in [3.8, 4) is 23.0 Å². The van der Waals surface area contributed by atoms with Gasteiger partial charge in [0.25, 0.3) is 0 Å². The van der Waals surface area contributed by atoms with Crippen molar-refractivity contribution in [2.24, 2.45) is 0 Å². The minimum absolute atomic E-state index is 0.484. The molecule has 0 fully saturated rings. The van der Waals surface area contributed by atoms with Gasteiger partial charge in [-0.25, -0.2) is 4.98 Å². The summed E-state index contributed by atoms with van der Waals surface area (Å²) in [5.41, 5.74) is 2.67. The summed E-state index contributed by atoms with van der Waals surface area (Å²) in [4.78, 5) is 7.80. The summed E-state index contributed by atoms with van der Waals surface area (Å²) >= 11 is 1.50. The van der Waals surface area contributed by atoms with Crippen LogP contribution in [0.1, 0.15) is 5.89 Å². The van der Waals surface area contributed by atoms with Gasteiger partial charge in [0, 0.05) is 11.6 Å². The van der Waals surface area contributed by atoms with Crippen LogP contribution >= 0.6 is 11.8 Å². The van der Waals surface area contributed by atoms with Crippen molar-refractivity contribution in [1.82, 2.24) is 20.2 Å². The van der Waals surface area contributed by atoms with Crippen LogP contribution in [0.3, 0.4) is 0 Å². The Morgan fingerprint density at radius 2 is 1.77 bits per heavy atom. The Kier molecular flexibility index (Phi) is 4.49. The molecule has 2 aromatic carbocycles. The number of aromatic amines is 1. The topological polar surface area (TPSA) is 86.1 Å². The van der Waals surface area contributed by atoms with Crippen LogP contribution in [0.2, 0.25) is 0 Å². The molecule has 0 amide bonds. The lowest BCUT2D eigenvalue weighted by Crippen LogP contribution is -1.82. The Bertz CT molecular complexity index is 1030. The minimum Gasteiger partial charge on any atom is -0.497 e. The first-order chi connectivity index (χ1) is 12.7. The van der Waals surface area contributed by atoms with Gasteiger partial charge in [-0.3, -0.25) is 0 Å². The van der Waals surface area contributed by atoms with Gasteiger partial charge in [-0.15, -0.1) is 10.2 Å². The number of imidazole rings is 1. The Hall–Kier alpha value is -3.00. The fraction of sp³-hybridized carbons (Fsp3) is 0.167. The van der Waals surface area contributed by atoms with Gasteiger partial charge < -0.3 is 18.9 Å². The number of hydrogen-bond acceptors (Lipinski definition) is 7. The zero-order chi connectivity index (χ0) is 17.9. The number of rotatable bonds is 6. The standard InChI is InChI=1S/C18H16N4O3S/c1-23-12-5-3-11(4-6-12)17-22-21-16(25-17)10-26-18-19-14-8-7-13(24-2)9-15(14)20-18/h3-9H,10H2,1-2H3,(H,19,20). The van der Waals surface area contributed by atoms with Crippen molar-refractivity contribution >= 4 is 22.8 Å². The number of benzene rings is 2. The summed E-state index contributed by atoms with van der Waals surface area (Å²) < 4.78 is 16.1. The van der Waals surface area contributed by atoms with E-state index in [0.29, 0.717) is 17.5 Å². The Balaban J connectivity index is 1.45. The fourth-order valence-corrected chi connectivity index (χ4v) is 3.17. The van der Waals surface area contributed by atoms with Gasteiger partial charge in [0.2, 0.25) is 11.8 Å². The molecule has 0 aliphatic heterocycles. The van der Waals surface area contributed by atoms with Gasteiger partial charge in [0.1, 0.15) is 11.5 Å². The fourth-order valence-electron chi connectivity index (χ4n) is 2.45. The number of methoxy groups -OCH3 is 2. The van der Waals surface area contributed by atoms with Crippen LogP contribution < -0.4 is 9.47 Å². The lowest BCUT2D eigenvalue weighted by Gasteiger charge is -1.99. The van der Waals surface area contributed by atoms with Gasteiger partial charge in [-0.1, -0.05) is 11.8 Å². The van der Waals surface area contributed by atoms with Crippen molar-refractivity contribution in [2.45, 2.75) is 10.9 Å². The predicted octanol–water partition coefficient (Wildman–Crippen LogP) is 3.92. The number of nitrogens with one attached hydrogen (secondary N) is 1. The molecule has 0 spiro atoms. The predicted molar refractivity (Wildman–Crippen MR) is 98.5 cm³/mol. The van der Waals surface area contributed by atoms with Gasteiger partial charge in [0.15, 0.2) is 5.16 Å². The number of fused-ring (bicyclic) bond motifs is 1. The lowest BCUT2D eigenvalue weighted by molar-refractivity contribution is 0.415. The molecule has 2 aromatic heterocycles. The highest BCUT2D eigenvalue weighted by molar-refractivity contribution is 7.98. The first kappa shape index (κ1) is 16.5. The number of aromatic nitrogens is 4. The Labute approximate surface area is 153 Å². The summed E-state index contributed by atoms with van der Waals surface area (Å²) in [7, 11) is 3.27. The molecule has 0 bridgehead atoms. The molecule has 26 heavy (non-hydrogen) atoms. The molecule has 4 aromatic rings. The second kappa shape index (κ2) is 7.09. The number of hydrogen-bond donors (Lipinski definition) is 1. The van der Waals surface area contributed by atoms with Crippen LogP contribution in [-0.2, 0) is 5.75 Å². The van der Waals surface area contributed by atoms with Crippen molar-refractivity contribution in [3.63, 3.8) is 0 Å². The third-order valence-electron chi connectivity index (χ3n) is 3.80. The van der Waals surface area contributed by atoms with Crippen molar-refractivity contribution < 1.29 is 13.9 Å². The third kappa shape index (κ3) is 3.36. The lowest BCUT2D eigenvalue weighted by atomic mass is 10.2. The van der Waals surface area contributed by atoms with E-state index in [-0.39, 0.29) is 0 Å². The monoisotopic (exact) mass is 368 g/mol. The molecule has 7 nitrogen and oxygen atoms in total. The molecular formula is C18H16N4O3S. The van der Waals surface area contributed by atoms with Crippen molar-refractivity contribution in [2.75, 3.05) is 14.2 Å². The molecule has 0 atom stereocenters. The van der Waals surface area contributed by atoms with Gasteiger partial charge >= 0.3 is 0 Å². The highest BCUT2D eigenvalue weighted by Crippen LogP contribution is 2.27. The van der Waals surface area contributed by atoms with E-state index in [0.717, 1.165) is 33.3 Å². The van der Waals surface area contributed by atoms with Crippen LogP contribution in [0.5, 0.6) is 11.5 Å². The highest BCUT2D eigenvalue weighted by atomic mass is 32.2. The van der Waals surface area contributed by atoms with Crippen LogP contribution in [0.4, 0.5) is 0 Å². The first-order valence-electron chi connectivity index (χ1n) is 7.88. The van der Waals surface area contributed by atoms with E-state index in [1.165, 1.54) is 11.8 Å². The van der Waals surface area contributed by atoms with Crippen LogP contribution in [-0.4, -0.2) is 34.4 Å². The first-order valence-corrected chi connectivity index (χ1v) is 8.87. The second-order valence-electron chi connectivity index (χ2n) is 5.44. The molecule has 132 valence electrons. The summed E-state index contributed by atoms with van der Waals surface area (Å²) in [5, 5.41) is 8.99. The molecule has 0 saturated heterocycles. The molecule has 4 rings (SSSR count). The Morgan fingerprint density at radius 3 is 2.54 bits per heavy atom. The molecule has 0 aliphatic carbocycles. The molecule has 8 heteroatoms. The number of nitrogens with zero attached hydrogens (tertiary/aromatic N) is 3. The zero-order valence-electron chi connectivity index (χ0n) is 14.2. The minimum atomic E-state index is 0.484. The van der Waals surface area contributed by atoms with E-state index in [4.69, 9.17) is 13.9 Å². The van der Waals surface area contributed by atoms with Gasteiger partial charge in [-0.05, 0) is 36.4 Å². The van der Waals surface area contributed by atoms with Crippen LogP contribution in [0, 0.1) is 0 Å². The number of ether oxygens (including phenoxy) is 2. The number of thioether (sulfide) groups is 1. The maximum absolute atomic E-state index is 5.73. The summed E-state index contributed by atoms with van der Waals surface area (Å²) in [6.07, 6.45) is 0.